The molecule has 1 aromatic carbocycles. The van der Waals surface area contributed by atoms with Gasteiger partial charge in [0.05, 0.1) is 5.92 Å². The third-order valence-corrected chi connectivity index (χ3v) is 5.63. The number of nitrogens with zero attached hydrogens (tertiary/aromatic N) is 1. The van der Waals surface area contributed by atoms with Crippen molar-refractivity contribution in [2.45, 2.75) is 51.5 Å². The number of hydrogen-bond acceptors (Lipinski definition) is 3. The molecule has 1 aliphatic heterocycles. The van der Waals surface area contributed by atoms with Gasteiger partial charge in [-0.1, -0.05) is 26.2 Å². The molecule has 1 saturated carbocycles. The highest BCUT2D eigenvalue weighted by molar-refractivity contribution is 5.95. The van der Waals surface area contributed by atoms with Gasteiger partial charge in [-0.3, -0.25) is 9.59 Å². The zero-order valence-corrected chi connectivity index (χ0v) is 16.3. The second kappa shape index (κ2) is 9.08. The number of piperidine rings is 1. The maximum Gasteiger partial charge on any atom is 0.321 e. The van der Waals surface area contributed by atoms with Gasteiger partial charge in [0, 0.05) is 30.4 Å². The van der Waals surface area contributed by atoms with Crippen molar-refractivity contribution in [2.24, 2.45) is 11.8 Å². The Morgan fingerprint density at radius 2 is 1.71 bits per heavy atom. The first-order valence-corrected chi connectivity index (χ1v) is 10.1. The molecule has 0 radical (unpaired) electrons. The molecule has 2 fully saturated rings. The molecule has 0 spiro atoms. The second-order valence-corrected chi connectivity index (χ2v) is 8.10. The minimum atomic E-state index is -0.863. The number of amides is 3. The van der Waals surface area contributed by atoms with Crippen LogP contribution in [0.5, 0.6) is 0 Å². The Kier molecular flexibility index (Phi) is 6.54. The summed E-state index contributed by atoms with van der Waals surface area (Å²) in [5.41, 5.74) is 1.16. The summed E-state index contributed by atoms with van der Waals surface area (Å²) in [6, 6.07) is 6.76. The van der Waals surface area contributed by atoms with E-state index in [9.17, 15) is 19.5 Å². The van der Waals surface area contributed by atoms with Gasteiger partial charge in [-0.2, -0.15) is 0 Å². The van der Waals surface area contributed by atoms with Crippen LogP contribution in [-0.4, -0.2) is 47.0 Å². The number of benzene rings is 1. The molecule has 28 heavy (non-hydrogen) atoms. The minimum Gasteiger partial charge on any atom is -0.481 e. The lowest BCUT2D eigenvalue weighted by molar-refractivity contribution is -0.143. The molecular formula is C21H29N3O4. The number of aliphatic carboxylic acids is 1. The molecule has 3 rings (SSSR count). The highest BCUT2D eigenvalue weighted by Crippen LogP contribution is 2.23. The van der Waals surface area contributed by atoms with E-state index in [-0.39, 0.29) is 30.4 Å². The minimum absolute atomic E-state index is 0.0843. The zero-order valence-electron chi connectivity index (χ0n) is 16.3. The lowest BCUT2D eigenvalue weighted by Crippen LogP contribution is -2.47. The van der Waals surface area contributed by atoms with Crippen molar-refractivity contribution in [3.63, 3.8) is 0 Å². The van der Waals surface area contributed by atoms with E-state index in [0.717, 1.165) is 25.7 Å². The Morgan fingerprint density at radius 3 is 2.36 bits per heavy atom. The molecule has 2 aliphatic rings. The molecule has 1 heterocycles. The van der Waals surface area contributed by atoms with E-state index in [4.69, 9.17) is 0 Å². The summed E-state index contributed by atoms with van der Waals surface area (Å²) in [5, 5.41) is 15.1. The highest BCUT2D eigenvalue weighted by atomic mass is 16.4. The number of carboxylic acids is 1. The van der Waals surface area contributed by atoms with E-state index < -0.39 is 11.9 Å². The first-order chi connectivity index (χ1) is 13.4. The molecule has 7 nitrogen and oxygen atoms in total. The molecule has 2 unspecified atom stereocenters. The highest BCUT2D eigenvalue weighted by Gasteiger charge is 2.31. The van der Waals surface area contributed by atoms with Crippen LogP contribution in [0.1, 0.15) is 55.8 Å². The number of anilines is 1. The van der Waals surface area contributed by atoms with Crippen molar-refractivity contribution < 1.29 is 19.5 Å². The third kappa shape index (κ3) is 5.24. The average Bonchev–Trinajstić information content (AvgIpc) is 2.68. The van der Waals surface area contributed by atoms with Crippen molar-refractivity contribution in [1.82, 2.24) is 10.2 Å². The summed E-state index contributed by atoms with van der Waals surface area (Å²) in [6.45, 7) is 2.71. The van der Waals surface area contributed by atoms with Crippen LogP contribution in [0.25, 0.3) is 0 Å². The van der Waals surface area contributed by atoms with E-state index >= 15 is 0 Å². The Balaban J connectivity index is 1.55. The molecule has 0 aromatic heterocycles. The predicted octanol–water partition coefficient (Wildman–Crippen LogP) is 3.32. The predicted molar refractivity (Wildman–Crippen MR) is 106 cm³/mol. The molecule has 3 N–H and O–H groups in total. The molecule has 1 aromatic rings. The molecule has 2 atom stereocenters. The van der Waals surface area contributed by atoms with Gasteiger partial charge in [-0.05, 0) is 49.4 Å². The Morgan fingerprint density at radius 1 is 1.04 bits per heavy atom. The maximum atomic E-state index is 12.5. The molecular weight excluding hydrogens is 358 g/mol. The SMILES string of the molecule is CC1CC(C(=O)O)CN(C(=O)Nc2ccc(C(=O)NC3CCCCC3)cc2)C1. The fourth-order valence-electron chi connectivity index (χ4n) is 4.12. The van der Waals surface area contributed by atoms with Crippen molar-refractivity contribution >= 4 is 23.6 Å². The number of urea groups is 1. The summed E-state index contributed by atoms with van der Waals surface area (Å²) < 4.78 is 0. The Hall–Kier alpha value is -2.57. The average molecular weight is 387 g/mol. The normalized spacial score (nSPS) is 23.1. The summed E-state index contributed by atoms with van der Waals surface area (Å²) in [5.74, 6) is -1.33. The van der Waals surface area contributed by atoms with Gasteiger partial charge in [0.1, 0.15) is 0 Å². The van der Waals surface area contributed by atoms with Crippen molar-refractivity contribution in [2.75, 3.05) is 18.4 Å². The van der Waals surface area contributed by atoms with Gasteiger partial charge in [-0.15, -0.1) is 0 Å². The number of likely N-dealkylation sites (tertiary alicyclic amines) is 1. The van der Waals surface area contributed by atoms with Gasteiger partial charge in [0.25, 0.3) is 5.91 Å². The Bertz CT molecular complexity index is 713. The first-order valence-electron chi connectivity index (χ1n) is 10.1. The van der Waals surface area contributed by atoms with Gasteiger partial charge >= 0.3 is 12.0 Å². The van der Waals surface area contributed by atoms with Crippen LogP contribution in [0.15, 0.2) is 24.3 Å². The van der Waals surface area contributed by atoms with E-state index in [2.05, 4.69) is 10.6 Å². The van der Waals surface area contributed by atoms with Crippen LogP contribution in [0, 0.1) is 11.8 Å². The lowest BCUT2D eigenvalue weighted by Gasteiger charge is -2.34. The first kappa shape index (κ1) is 20.2. The standard InChI is InChI=1S/C21H29N3O4/c1-14-11-16(20(26)27)13-24(12-14)21(28)23-18-9-7-15(8-10-18)19(25)22-17-5-3-2-4-6-17/h7-10,14,16-17H,2-6,11-13H2,1H3,(H,22,25)(H,23,28)(H,26,27). The molecule has 1 aliphatic carbocycles. The van der Waals surface area contributed by atoms with Crippen LogP contribution in [0.2, 0.25) is 0 Å². The third-order valence-electron chi connectivity index (χ3n) is 5.63. The van der Waals surface area contributed by atoms with Crippen LogP contribution in [-0.2, 0) is 4.79 Å². The summed E-state index contributed by atoms with van der Waals surface area (Å²) in [4.78, 5) is 37.7. The van der Waals surface area contributed by atoms with Crippen LogP contribution < -0.4 is 10.6 Å². The summed E-state index contributed by atoms with van der Waals surface area (Å²) in [7, 11) is 0. The smallest absolute Gasteiger partial charge is 0.321 e. The summed E-state index contributed by atoms with van der Waals surface area (Å²) >= 11 is 0. The fourth-order valence-corrected chi connectivity index (χ4v) is 4.12. The van der Waals surface area contributed by atoms with E-state index in [1.807, 2.05) is 6.92 Å². The van der Waals surface area contributed by atoms with Crippen LogP contribution in [0.3, 0.4) is 0 Å². The monoisotopic (exact) mass is 387 g/mol. The van der Waals surface area contributed by atoms with Crippen LogP contribution >= 0.6 is 0 Å². The number of hydrogen-bond donors (Lipinski definition) is 3. The fraction of sp³-hybridized carbons (Fsp3) is 0.571. The van der Waals surface area contributed by atoms with Crippen molar-refractivity contribution in [3.05, 3.63) is 29.8 Å². The maximum absolute atomic E-state index is 12.5. The van der Waals surface area contributed by atoms with E-state index in [1.165, 1.54) is 6.42 Å². The quantitative estimate of drug-likeness (QED) is 0.738. The zero-order chi connectivity index (χ0) is 20.1. The lowest BCUT2D eigenvalue weighted by atomic mass is 9.91. The number of rotatable bonds is 4. The van der Waals surface area contributed by atoms with Gasteiger partial charge in [0.2, 0.25) is 0 Å². The molecule has 7 heteroatoms. The molecule has 1 saturated heterocycles. The van der Waals surface area contributed by atoms with Gasteiger partial charge < -0.3 is 20.6 Å². The number of carbonyl (C=O) groups is 3. The van der Waals surface area contributed by atoms with Gasteiger partial charge in [0.15, 0.2) is 0 Å². The number of carbonyl (C=O) groups excluding carboxylic acids is 2. The van der Waals surface area contributed by atoms with Crippen LogP contribution in [0.4, 0.5) is 10.5 Å². The van der Waals surface area contributed by atoms with E-state index in [1.54, 1.807) is 29.2 Å². The number of nitrogens with one attached hydrogen (secondary N) is 2. The molecule has 0 bridgehead atoms. The van der Waals surface area contributed by atoms with Crippen molar-refractivity contribution in [3.8, 4) is 0 Å². The second-order valence-electron chi connectivity index (χ2n) is 8.10. The molecule has 3 amide bonds. The van der Waals surface area contributed by atoms with Crippen molar-refractivity contribution in [1.29, 1.82) is 0 Å². The van der Waals surface area contributed by atoms with E-state index in [0.29, 0.717) is 24.2 Å². The number of carboxylic acid groups (broad SMARTS) is 1. The molecule has 152 valence electrons. The Labute approximate surface area is 165 Å². The van der Waals surface area contributed by atoms with Gasteiger partial charge in [-0.25, -0.2) is 4.79 Å². The largest absolute Gasteiger partial charge is 0.481 e. The topological polar surface area (TPSA) is 98.7 Å². The summed E-state index contributed by atoms with van der Waals surface area (Å²) in [6.07, 6.45) is 6.21.